The molecule has 0 bridgehead atoms. The number of imide groups is 1. The van der Waals surface area contributed by atoms with Gasteiger partial charge < -0.3 is 5.32 Å². The van der Waals surface area contributed by atoms with E-state index in [0.717, 1.165) is 4.90 Å². The van der Waals surface area contributed by atoms with E-state index in [1.165, 1.54) is 6.92 Å². The average Bonchev–Trinajstić information content (AvgIpc) is 2.64. The Morgan fingerprint density at radius 2 is 1.90 bits per heavy atom. The van der Waals surface area contributed by atoms with Gasteiger partial charge in [0.25, 0.3) is 5.91 Å². The molecule has 5 nitrogen and oxygen atoms in total. The number of nitrogens with one attached hydrogen (secondary N) is 1. The molecule has 1 saturated heterocycles. The van der Waals surface area contributed by atoms with Gasteiger partial charge in [0.15, 0.2) is 0 Å². The molecule has 1 N–H and O–H groups in total. The van der Waals surface area contributed by atoms with Crippen LogP contribution in [0.25, 0.3) is 0 Å². The highest BCUT2D eigenvalue weighted by atomic mass is 35.5. The van der Waals surface area contributed by atoms with E-state index in [1.54, 1.807) is 24.3 Å². The van der Waals surface area contributed by atoms with Crippen LogP contribution in [-0.4, -0.2) is 29.2 Å². The average molecular weight is 295 g/mol. The van der Waals surface area contributed by atoms with E-state index in [2.05, 4.69) is 5.32 Å². The minimum atomic E-state index is -1.11. The summed E-state index contributed by atoms with van der Waals surface area (Å²) < 4.78 is 0. The number of benzene rings is 1. The minimum absolute atomic E-state index is 0.208. The Morgan fingerprint density at radius 1 is 1.30 bits per heavy atom. The highest BCUT2D eigenvalue weighted by molar-refractivity contribution is 6.30. The fourth-order valence-electron chi connectivity index (χ4n) is 2.37. The molecule has 1 aliphatic rings. The Hall–Kier alpha value is -1.88. The van der Waals surface area contributed by atoms with Crippen molar-refractivity contribution in [3.05, 3.63) is 34.9 Å². The number of hydrogen-bond donors (Lipinski definition) is 1. The second-order valence-electron chi connectivity index (χ2n) is 4.79. The van der Waals surface area contributed by atoms with E-state index in [-0.39, 0.29) is 12.3 Å². The number of ketones is 1. The molecule has 1 atom stereocenters. The molecule has 0 unspecified atom stereocenters. The fraction of sp³-hybridized carbons (Fsp3) is 0.357. The summed E-state index contributed by atoms with van der Waals surface area (Å²) in [6.07, 6.45) is 0.396. The first-order chi connectivity index (χ1) is 9.40. The number of carbonyl (C=O) groups excluding carboxylic acids is 3. The molecule has 0 aliphatic carbocycles. The van der Waals surface area contributed by atoms with Crippen LogP contribution in [-0.2, 0) is 15.1 Å². The summed E-state index contributed by atoms with van der Waals surface area (Å²) in [5, 5.41) is 3.25. The van der Waals surface area contributed by atoms with Crippen molar-refractivity contribution in [1.29, 1.82) is 0 Å². The Morgan fingerprint density at radius 3 is 2.40 bits per heavy atom. The lowest BCUT2D eigenvalue weighted by Gasteiger charge is -2.25. The molecule has 1 fully saturated rings. The maximum atomic E-state index is 12.5. The smallest absolute Gasteiger partial charge is 0.319 e. The molecule has 20 heavy (non-hydrogen) atoms. The van der Waals surface area contributed by atoms with Gasteiger partial charge in [0.2, 0.25) is 0 Å². The first kappa shape index (κ1) is 14.5. The van der Waals surface area contributed by atoms with Crippen LogP contribution in [0.15, 0.2) is 24.3 Å². The molecule has 2 rings (SSSR count). The molecular formula is C14H15ClN2O3. The molecule has 0 spiro atoms. The van der Waals surface area contributed by atoms with Crippen LogP contribution in [0.5, 0.6) is 0 Å². The van der Waals surface area contributed by atoms with Crippen LogP contribution in [0.3, 0.4) is 0 Å². The van der Waals surface area contributed by atoms with E-state index >= 15 is 0 Å². The second kappa shape index (κ2) is 5.25. The molecule has 106 valence electrons. The number of carbonyl (C=O) groups is 3. The van der Waals surface area contributed by atoms with Gasteiger partial charge in [-0.15, -0.1) is 0 Å². The zero-order chi connectivity index (χ0) is 14.9. The molecule has 6 heteroatoms. The number of urea groups is 1. The van der Waals surface area contributed by atoms with Crippen LogP contribution in [0.1, 0.15) is 25.8 Å². The van der Waals surface area contributed by atoms with Crippen molar-refractivity contribution in [3.8, 4) is 0 Å². The highest BCUT2D eigenvalue weighted by Gasteiger charge is 2.51. The van der Waals surface area contributed by atoms with Crippen LogP contribution in [0.2, 0.25) is 5.02 Å². The van der Waals surface area contributed by atoms with Crippen molar-refractivity contribution >= 4 is 29.3 Å². The van der Waals surface area contributed by atoms with E-state index in [0.29, 0.717) is 17.0 Å². The summed E-state index contributed by atoms with van der Waals surface area (Å²) in [5.41, 5.74) is -0.453. The van der Waals surface area contributed by atoms with Gasteiger partial charge in [-0.1, -0.05) is 30.7 Å². The van der Waals surface area contributed by atoms with E-state index in [4.69, 9.17) is 11.6 Å². The van der Waals surface area contributed by atoms with Crippen molar-refractivity contribution in [3.63, 3.8) is 0 Å². The lowest BCUT2D eigenvalue weighted by atomic mass is 9.87. The summed E-state index contributed by atoms with van der Waals surface area (Å²) in [7, 11) is 0. The topological polar surface area (TPSA) is 66.5 Å². The first-order valence-electron chi connectivity index (χ1n) is 6.30. The highest BCUT2D eigenvalue weighted by Crippen LogP contribution is 2.32. The van der Waals surface area contributed by atoms with Crippen molar-refractivity contribution in [2.24, 2.45) is 0 Å². The Kier molecular flexibility index (Phi) is 3.81. The molecule has 0 aromatic heterocycles. The Balaban J connectivity index is 2.42. The second-order valence-corrected chi connectivity index (χ2v) is 5.23. The quantitative estimate of drug-likeness (QED) is 0.865. The molecule has 1 aliphatic heterocycles. The number of hydrogen-bond acceptors (Lipinski definition) is 3. The number of halogens is 1. The third kappa shape index (κ3) is 2.29. The van der Waals surface area contributed by atoms with Gasteiger partial charge in [0, 0.05) is 5.02 Å². The summed E-state index contributed by atoms with van der Waals surface area (Å²) >= 11 is 5.84. The maximum Gasteiger partial charge on any atom is 0.325 e. The fourth-order valence-corrected chi connectivity index (χ4v) is 2.49. The zero-order valence-electron chi connectivity index (χ0n) is 11.3. The number of nitrogens with zero attached hydrogens (tertiary/aromatic N) is 1. The molecule has 0 saturated carbocycles. The van der Waals surface area contributed by atoms with Crippen LogP contribution in [0.4, 0.5) is 4.79 Å². The monoisotopic (exact) mass is 294 g/mol. The minimum Gasteiger partial charge on any atom is -0.319 e. The predicted octanol–water partition coefficient (Wildman–Crippen LogP) is 2.09. The summed E-state index contributed by atoms with van der Waals surface area (Å²) in [4.78, 5) is 36.6. The SMILES string of the molecule is CC[C@]1(c2ccc(Cl)cc2)NC(=O)N(CC(C)=O)C1=O. The van der Waals surface area contributed by atoms with Crippen molar-refractivity contribution in [2.45, 2.75) is 25.8 Å². The van der Waals surface area contributed by atoms with Crippen LogP contribution in [0, 0.1) is 0 Å². The van der Waals surface area contributed by atoms with Gasteiger partial charge >= 0.3 is 6.03 Å². The Bertz CT molecular complexity index is 570. The van der Waals surface area contributed by atoms with Crippen LogP contribution >= 0.6 is 11.6 Å². The van der Waals surface area contributed by atoms with Crippen LogP contribution < -0.4 is 5.32 Å². The summed E-state index contributed by atoms with van der Waals surface area (Å²) in [5.74, 6) is -0.640. The molecular weight excluding hydrogens is 280 g/mol. The lowest BCUT2D eigenvalue weighted by molar-refractivity contribution is -0.134. The van der Waals surface area contributed by atoms with E-state index < -0.39 is 17.5 Å². The van der Waals surface area contributed by atoms with Crippen molar-refractivity contribution < 1.29 is 14.4 Å². The maximum absolute atomic E-state index is 12.5. The van der Waals surface area contributed by atoms with Crippen molar-refractivity contribution in [2.75, 3.05) is 6.54 Å². The summed E-state index contributed by atoms with van der Waals surface area (Å²) in [6, 6.07) is 6.22. The molecule has 3 amide bonds. The molecule has 0 radical (unpaired) electrons. The van der Waals surface area contributed by atoms with Gasteiger partial charge in [-0.3, -0.25) is 14.5 Å². The lowest BCUT2D eigenvalue weighted by Crippen LogP contribution is -2.43. The molecule has 1 aromatic carbocycles. The van der Waals surface area contributed by atoms with Gasteiger partial charge in [-0.25, -0.2) is 4.79 Å². The first-order valence-corrected chi connectivity index (χ1v) is 6.68. The predicted molar refractivity (Wildman–Crippen MR) is 74.3 cm³/mol. The van der Waals surface area contributed by atoms with Gasteiger partial charge in [0.1, 0.15) is 11.3 Å². The summed E-state index contributed by atoms with van der Waals surface area (Å²) in [6.45, 7) is 2.94. The van der Waals surface area contributed by atoms with E-state index in [1.807, 2.05) is 6.92 Å². The third-order valence-corrected chi connectivity index (χ3v) is 3.68. The third-order valence-electron chi connectivity index (χ3n) is 3.42. The number of rotatable bonds is 4. The molecule has 1 aromatic rings. The Labute approximate surface area is 121 Å². The molecule has 1 heterocycles. The van der Waals surface area contributed by atoms with Gasteiger partial charge in [0.05, 0.1) is 6.54 Å². The van der Waals surface area contributed by atoms with Gasteiger partial charge in [-0.2, -0.15) is 0 Å². The van der Waals surface area contributed by atoms with Crippen molar-refractivity contribution in [1.82, 2.24) is 10.2 Å². The van der Waals surface area contributed by atoms with E-state index in [9.17, 15) is 14.4 Å². The largest absolute Gasteiger partial charge is 0.325 e. The van der Waals surface area contributed by atoms with Gasteiger partial charge in [-0.05, 0) is 31.0 Å². The number of Topliss-reactive ketones (excluding diaryl/α,β-unsaturated/α-hetero) is 1. The normalized spacial score (nSPS) is 22.1. The zero-order valence-corrected chi connectivity index (χ0v) is 12.0. The standard InChI is InChI=1S/C14H15ClN2O3/c1-3-14(10-4-6-11(15)7-5-10)12(19)17(8-9(2)18)13(20)16-14/h4-7H,3,8H2,1-2H3,(H,16,20)/t14-/m1/s1. The number of amides is 3.